The summed E-state index contributed by atoms with van der Waals surface area (Å²) in [6, 6.07) is 0.943. The third kappa shape index (κ3) is 12.9. The van der Waals surface area contributed by atoms with Crippen molar-refractivity contribution in [3.05, 3.63) is 0 Å². The van der Waals surface area contributed by atoms with E-state index in [-0.39, 0.29) is 0 Å². The maximum Gasteiger partial charge on any atom is 0.500 e. The molecule has 0 aliphatic rings. The topological polar surface area (TPSA) is 65.0 Å². The van der Waals surface area contributed by atoms with Crippen molar-refractivity contribution < 1.29 is 22.0 Å². The van der Waals surface area contributed by atoms with Gasteiger partial charge >= 0.3 is 8.80 Å². The van der Waals surface area contributed by atoms with Crippen LogP contribution in [0, 0.1) is 0 Å². The highest BCUT2D eigenvalue weighted by Gasteiger charge is 2.39. The molecule has 0 saturated carbocycles. The predicted octanol–water partition coefficient (Wildman–Crippen LogP) is 2.72. The van der Waals surface area contributed by atoms with Gasteiger partial charge in [0.1, 0.15) is 0 Å². The van der Waals surface area contributed by atoms with Crippen molar-refractivity contribution in [2.45, 2.75) is 46.6 Å². The summed E-state index contributed by atoms with van der Waals surface area (Å²) >= 11 is 3.65. The Bertz CT molecular complexity index is 223. The Kier molecular flexibility index (Phi) is 16.0. The Labute approximate surface area is 118 Å². The zero-order valence-corrected chi connectivity index (χ0v) is 14.3. The van der Waals surface area contributed by atoms with Crippen LogP contribution in [-0.4, -0.2) is 33.2 Å². The molecule has 0 atom stereocenters. The largest absolute Gasteiger partial charge is 0.500 e. The molecule has 0 aliphatic carbocycles. The second kappa shape index (κ2) is 13.8. The van der Waals surface area contributed by atoms with Crippen LogP contribution in [0.1, 0.15) is 40.5 Å². The molecule has 0 saturated heterocycles. The van der Waals surface area contributed by atoms with Crippen LogP contribution < -0.4 is 0 Å². The third-order valence-electron chi connectivity index (χ3n) is 1.93. The summed E-state index contributed by atoms with van der Waals surface area (Å²) in [6.45, 7) is 10.2. The van der Waals surface area contributed by atoms with Gasteiger partial charge in [0.15, 0.2) is 0 Å². The molecule has 0 aliphatic heterocycles. The Morgan fingerprint density at radius 3 is 1.61 bits per heavy atom. The monoisotopic (exact) mass is 317 g/mol. The molecule has 0 unspecified atom stereocenters. The zero-order valence-electron chi connectivity index (χ0n) is 11.6. The second-order valence-electron chi connectivity index (χ2n) is 3.30. The molecule has 18 heavy (non-hydrogen) atoms. The van der Waals surface area contributed by atoms with Crippen LogP contribution in [0.4, 0.5) is 0 Å². The first-order valence-electron chi connectivity index (χ1n) is 6.18. The number of hydrogen-bond acceptors (Lipinski definition) is 6. The number of hydrogen-bond donors (Lipinski definition) is 1. The summed E-state index contributed by atoms with van der Waals surface area (Å²) in [5.74, 6) is 0. The van der Waals surface area contributed by atoms with Crippen LogP contribution in [0.25, 0.3) is 0 Å². The second-order valence-corrected chi connectivity index (χ2v) is 7.32. The molecule has 5 nitrogen and oxygen atoms in total. The van der Waals surface area contributed by atoms with Crippen molar-refractivity contribution in [3.63, 3.8) is 0 Å². The fourth-order valence-electron chi connectivity index (χ4n) is 1.39. The summed E-state index contributed by atoms with van der Waals surface area (Å²) in [5.41, 5.74) is 0. The highest BCUT2D eigenvalue weighted by molar-refractivity contribution is 8.18. The van der Waals surface area contributed by atoms with E-state index in [0.717, 1.165) is 18.9 Å². The van der Waals surface area contributed by atoms with Crippen LogP contribution in [0.3, 0.4) is 0 Å². The normalized spacial score (nSPS) is 11.2. The summed E-state index contributed by atoms with van der Waals surface area (Å²) < 4.78 is 33.4. The van der Waals surface area contributed by atoms with Gasteiger partial charge in [0.25, 0.3) is 0 Å². The van der Waals surface area contributed by atoms with E-state index in [1.54, 1.807) is 0 Å². The van der Waals surface area contributed by atoms with Gasteiger partial charge in [-0.25, -0.2) is 11.2 Å². The Morgan fingerprint density at radius 2 is 1.39 bits per heavy atom. The van der Waals surface area contributed by atoms with Crippen LogP contribution in [0.5, 0.6) is 0 Å². The predicted molar refractivity (Wildman–Crippen MR) is 78.4 cm³/mol. The van der Waals surface area contributed by atoms with Gasteiger partial charge in [0.05, 0.1) is 0 Å². The quantitative estimate of drug-likeness (QED) is 0.401. The molecule has 0 fully saturated rings. The number of unbranched alkanes of at least 4 members (excludes halogenated alkanes) is 1. The lowest BCUT2D eigenvalue weighted by Crippen LogP contribution is -2.45. The van der Waals surface area contributed by atoms with E-state index in [0.29, 0.717) is 19.8 Å². The molecular formula is C10H25O5S2Si-. The lowest BCUT2D eigenvalue weighted by atomic mass is 10.4. The van der Waals surface area contributed by atoms with E-state index in [2.05, 4.69) is 18.1 Å². The standard InChI is InChI=1S/C10H24O3Si.HO2S2/c1-5-9-10-14(11-6-2,12-7-3)13-8-4;1-4(2)3/h5-10H2,1-4H3;(H,1,2,3)/q;-1. The van der Waals surface area contributed by atoms with E-state index >= 15 is 0 Å². The van der Waals surface area contributed by atoms with E-state index in [1.165, 1.54) is 0 Å². The van der Waals surface area contributed by atoms with Gasteiger partial charge in [0, 0.05) is 25.9 Å². The average molecular weight is 318 g/mol. The van der Waals surface area contributed by atoms with Gasteiger partial charge in [-0.1, -0.05) is 23.0 Å². The molecule has 0 amide bonds. The van der Waals surface area contributed by atoms with Crippen molar-refractivity contribution in [1.29, 1.82) is 0 Å². The van der Waals surface area contributed by atoms with Gasteiger partial charge in [-0.15, -0.1) is 0 Å². The third-order valence-corrected chi connectivity index (χ3v) is 5.08. The Morgan fingerprint density at radius 1 is 1.06 bits per heavy atom. The molecule has 0 aromatic heterocycles. The molecule has 0 spiro atoms. The minimum atomic E-state index is -2.32. The molecule has 0 bridgehead atoms. The van der Waals surface area contributed by atoms with E-state index in [9.17, 15) is 0 Å². The molecule has 0 heterocycles. The van der Waals surface area contributed by atoms with Crippen molar-refractivity contribution in [2.24, 2.45) is 0 Å². The summed E-state index contributed by atoms with van der Waals surface area (Å²) in [6.07, 6.45) is 2.27. The molecule has 112 valence electrons. The highest BCUT2D eigenvalue weighted by Crippen LogP contribution is 2.18. The summed E-state index contributed by atoms with van der Waals surface area (Å²) in [4.78, 5) is 0. The van der Waals surface area contributed by atoms with Crippen molar-refractivity contribution >= 4 is 29.6 Å². The highest BCUT2D eigenvalue weighted by atomic mass is 32.8. The van der Waals surface area contributed by atoms with Crippen molar-refractivity contribution in [3.8, 4) is 0 Å². The fourth-order valence-corrected chi connectivity index (χ4v) is 4.18. The minimum Gasteiger partial charge on any atom is -0.459 e. The molecular weight excluding hydrogens is 292 g/mol. The van der Waals surface area contributed by atoms with Gasteiger partial charge in [-0.3, -0.25) is 0 Å². The first kappa shape index (κ1) is 20.7. The molecule has 8 heteroatoms. The molecule has 0 aromatic rings. The van der Waals surface area contributed by atoms with Crippen LogP contribution in [-0.2, 0) is 38.3 Å². The average Bonchev–Trinajstić information content (AvgIpc) is 2.27. The lowest BCUT2D eigenvalue weighted by Gasteiger charge is -2.28. The van der Waals surface area contributed by atoms with Crippen LogP contribution in [0.2, 0.25) is 6.04 Å². The molecule has 0 radical (unpaired) electrons. The van der Waals surface area contributed by atoms with Crippen LogP contribution >= 0.6 is 0 Å². The van der Waals surface area contributed by atoms with E-state index in [4.69, 9.17) is 22.0 Å². The SMILES string of the molecule is CCCC[Si](OCC)(OCC)OCC.O=[S-](O)=S. The molecule has 0 aromatic carbocycles. The van der Waals surface area contributed by atoms with Crippen molar-refractivity contribution in [1.82, 2.24) is 0 Å². The fraction of sp³-hybridized carbons (Fsp3) is 1.00. The van der Waals surface area contributed by atoms with E-state index < -0.39 is 18.4 Å². The van der Waals surface area contributed by atoms with Gasteiger partial charge in [-0.2, -0.15) is 0 Å². The summed E-state index contributed by atoms with van der Waals surface area (Å²) in [7, 11) is -4.34. The molecule has 0 rings (SSSR count). The zero-order chi connectivity index (χ0) is 14.4. The van der Waals surface area contributed by atoms with Crippen molar-refractivity contribution in [2.75, 3.05) is 19.8 Å². The first-order chi connectivity index (χ1) is 8.47. The van der Waals surface area contributed by atoms with E-state index in [1.807, 2.05) is 20.8 Å². The number of rotatable bonds is 9. The summed E-state index contributed by atoms with van der Waals surface area (Å²) in [5, 5.41) is 0. The maximum atomic E-state index is 8.93. The smallest absolute Gasteiger partial charge is 0.459 e. The Balaban J connectivity index is 0. The maximum absolute atomic E-state index is 8.93. The first-order valence-corrected chi connectivity index (χ1v) is 10.1. The minimum absolute atomic E-state index is 0.677. The van der Waals surface area contributed by atoms with Gasteiger partial charge in [0.2, 0.25) is 0 Å². The Hall–Kier alpha value is 0.427. The van der Waals surface area contributed by atoms with Crippen LogP contribution in [0.15, 0.2) is 0 Å². The van der Waals surface area contributed by atoms with Gasteiger partial charge in [-0.05, 0) is 27.2 Å². The van der Waals surface area contributed by atoms with Gasteiger partial charge < -0.3 is 22.0 Å². The molecule has 1 N–H and O–H groups in total. The lowest BCUT2D eigenvalue weighted by molar-refractivity contribution is 0.0708.